The normalized spacial score (nSPS) is 13.2. The summed E-state index contributed by atoms with van der Waals surface area (Å²) in [5.74, 6) is -0.00894. The van der Waals surface area contributed by atoms with Crippen LogP contribution in [0.1, 0.15) is 57.3 Å². The molecule has 0 bridgehead atoms. The van der Waals surface area contributed by atoms with Gasteiger partial charge in [0.1, 0.15) is 16.9 Å². The number of ether oxygens (including phenoxy) is 3. The third kappa shape index (κ3) is 6.02. The quantitative estimate of drug-likeness (QED) is 0.633. The number of rotatable bonds is 10. The molecule has 0 radical (unpaired) electrons. The summed E-state index contributed by atoms with van der Waals surface area (Å²) in [6.07, 6.45) is 2.47. The van der Waals surface area contributed by atoms with Crippen molar-refractivity contribution in [3.8, 4) is 5.75 Å². The van der Waals surface area contributed by atoms with Crippen molar-refractivity contribution < 1.29 is 23.8 Å². The highest BCUT2D eigenvalue weighted by Crippen LogP contribution is 2.26. The number of amides is 1. The van der Waals surface area contributed by atoms with Gasteiger partial charge >= 0.3 is 5.97 Å². The van der Waals surface area contributed by atoms with E-state index in [2.05, 4.69) is 12.2 Å². The summed E-state index contributed by atoms with van der Waals surface area (Å²) in [4.78, 5) is 24.7. The van der Waals surface area contributed by atoms with Gasteiger partial charge in [0.15, 0.2) is 0 Å². The van der Waals surface area contributed by atoms with E-state index >= 15 is 0 Å². The molecule has 0 heterocycles. The van der Waals surface area contributed by atoms with E-state index in [-0.39, 0.29) is 11.5 Å². The number of anilines is 1. The first-order chi connectivity index (χ1) is 12.3. The Labute approximate surface area is 156 Å². The molecular weight excluding hydrogens is 334 g/mol. The molecule has 26 heavy (non-hydrogen) atoms. The Bertz CT molecular complexity index is 614. The van der Waals surface area contributed by atoms with Crippen molar-refractivity contribution in [2.45, 2.75) is 52.6 Å². The lowest BCUT2D eigenvalue weighted by Gasteiger charge is -2.27. The Balaban J connectivity index is 3.02. The van der Waals surface area contributed by atoms with Crippen molar-refractivity contribution in [1.29, 1.82) is 0 Å². The van der Waals surface area contributed by atoms with Crippen LogP contribution in [0.2, 0.25) is 0 Å². The highest BCUT2D eigenvalue weighted by molar-refractivity contribution is 5.99. The number of carbonyl (C=O) groups excluding carboxylic acids is 2. The molecule has 1 rings (SSSR count). The van der Waals surface area contributed by atoms with Crippen molar-refractivity contribution in [2.24, 2.45) is 5.92 Å². The van der Waals surface area contributed by atoms with Crippen LogP contribution in [0.5, 0.6) is 5.75 Å². The summed E-state index contributed by atoms with van der Waals surface area (Å²) in [5, 5.41) is 2.83. The number of unbranched alkanes of at least 4 members (excludes halogenated alkanes) is 1. The van der Waals surface area contributed by atoms with Crippen LogP contribution in [0.4, 0.5) is 5.69 Å². The maximum Gasteiger partial charge on any atom is 0.341 e. The minimum Gasteiger partial charge on any atom is -0.492 e. The molecule has 1 atom stereocenters. The number of esters is 1. The number of methoxy groups -OCH3 is 2. The lowest BCUT2D eigenvalue weighted by atomic mass is 9.97. The number of benzene rings is 1. The first kappa shape index (κ1) is 22.0. The molecule has 0 saturated carbocycles. The second-order valence-corrected chi connectivity index (χ2v) is 6.90. The van der Waals surface area contributed by atoms with E-state index in [0.29, 0.717) is 30.4 Å². The summed E-state index contributed by atoms with van der Waals surface area (Å²) >= 11 is 0. The van der Waals surface area contributed by atoms with Crippen LogP contribution in [-0.2, 0) is 14.3 Å². The third-order valence-electron chi connectivity index (χ3n) is 4.15. The van der Waals surface area contributed by atoms with Crippen LogP contribution in [0, 0.1) is 5.92 Å². The van der Waals surface area contributed by atoms with E-state index in [1.54, 1.807) is 25.1 Å². The molecule has 1 N–H and O–H groups in total. The highest BCUT2D eigenvalue weighted by Gasteiger charge is 2.32. The Morgan fingerprint density at radius 3 is 2.46 bits per heavy atom. The van der Waals surface area contributed by atoms with Crippen molar-refractivity contribution in [2.75, 3.05) is 26.1 Å². The Morgan fingerprint density at radius 1 is 1.23 bits per heavy atom. The second kappa shape index (κ2) is 10.2. The smallest absolute Gasteiger partial charge is 0.341 e. The molecular formula is C20H31NO5. The van der Waals surface area contributed by atoms with E-state index < -0.39 is 11.6 Å². The Morgan fingerprint density at radius 2 is 1.92 bits per heavy atom. The largest absolute Gasteiger partial charge is 0.492 e. The summed E-state index contributed by atoms with van der Waals surface area (Å²) in [6, 6.07) is 4.94. The van der Waals surface area contributed by atoms with Crippen LogP contribution in [0.15, 0.2) is 18.2 Å². The molecule has 0 saturated heterocycles. The molecule has 1 unspecified atom stereocenters. The van der Waals surface area contributed by atoms with Crippen molar-refractivity contribution in [3.63, 3.8) is 0 Å². The van der Waals surface area contributed by atoms with Crippen LogP contribution in [-0.4, -0.2) is 38.3 Å². The molecule has 146 valence electrons. The van der Waals surface area contributed by atoms with Crippen LogP contribution in [0.3, 0.4) is 0 Å². The van der Waals surface area contributed by atoms with Crippen LogP contribution >= 0.6 is 0 Å². The number of hydrogen-bond acceptors (Lipinski definition) is 5. The maximum absolute atomic E-state index is 12.6. The zero-order chi connectivity index (χ0) is 19.7. The summed E-state index contributed by atoms with van der Waals surface area (Å²) in [5.41, 5.74) is -0.153. The summed E-state index contributed by atoms with van der Waals surface area (Å²) < 4.78 is 15.9. The first-order valence-electron chi connectivity index (χ1n) is 8.99. The average Bonchev–Trinajstić information content (AvgIpc) is 2.63. The van der Waals surface area contributed by atoms with Crippen LogP contribution < -0.4 is 10.1 Å². The number of nitrogens with one attached hydrogen (secondary N) is 1. The molecule has 1 aromatic rings. The fourth-order valence-corrected chi connectivity index (χ4v) is 2.35. The second-order valence-electron chi connectivity index (χ2n) is 6.90. The van der Waals surface area contributed by atoms with Gasteiger partial charge in [-0.2, -0.15) is 0 Å². The van der Waals surface area contributed by atoms with Gasteiger partial charge in [-0.1, -0.05) is 33.6 Å². The molecule has 0 fully saturated rings. The van der Waals surface area contributed by atoms with E-state index in [4.69, 9.17) is 14.2 Å². The molecule has 0 aliphatic carbocycles. The number of carbonyl (C=O) groups is 2. The molecule has 0 aliphatic rings. The molecule has 1 aromatic carbocycles. The van der Waals surface area contributed by atoms with Crippen LogP contribution in [0.25, 0.3) is 0 Å². The monoisotopic (exact) mass is 365 g/mol. The van der Waals surface area contributed by atoms with Gasteiger partial charge in [0.25, 0.3) is 5.91 Å². The van der Waals surface area contributed by atoms with Gasteiger partial charge in [0.2, 0.25) is 0 Å². The highest BCUT2D eigenvalue weighted by atomic mass is 16.5. The molecule has 0 aliphatic heterocycles. The average molecular weight is 365 g/mol. The third-order valence-corrected chi connectivity index (χ3v) is 4.15. The molecule has 0 aromatic heterocycles. The van der Waals surface area contributed by atoms with Gasteiger partial charge in [0, 0.05) is 12.8 Å². The molecule has 6 nitrogen and oxygen atoms in total. The lowest BCUT2D eigenvalue weighted by Crippen LogP contribution is -2.41. The first-order valence-corrected chi connectivity index (χ1v) is 8.99. The SMILES string of the molecule is CCCCC(C)(OC)C(=O)Nc1ccc(OCC(C)C)c(C(=O)OC)c1. The van der Waals surface area contributed by atoms with Gasteiger partial charge in [-0.25, -0.2) is 4.79 Å². The minimum absolute atomic E-state index is 0.250. The Kier molecular flexibility index (Phi) is 8.58. The zero-order valence-corrected chi connectivity index (χ0v) is 16.7. The molecule has 6 heteroatoms. The van der Waals surface area contributed by atoms with Gasteiger partial charge in [0.05, 0.1) is 13.7 Å². The maximum atomic E-state index is 12.6. The van der Waals surface area contributed by atoms with Gasteiger partial charge in [-0.05, 0) is 37.5 Å². The van der Waals surface area contributed by atoms with E-state index in [0.717, 1.165) is 12.8 Å². The van der Waals surface area contributed by atoms with E-state index in [1.807, 2.05) is 13.8 Å². The van der Waals surface area contributed by atoms with E-state index in [1.165, 1.54) is 14.2 Å². The lowest BCUT2D eigenvalue weighted by molar-refractivity contribution is -0.136. The predicted octanol–water partition coefficient (Wildman–Crippen LogP) is 4.04. The summed E-state index contributed by atoms with van der Waals surface area (Å²) in [7, 11) is 2.84. The fourth-order valence-electron chi connectivity index (χ4n) is 2.35. The molecule has 0 spiro atoms. The van der Waals surface area contributed by atoms with Crippen molar-refractivity contribution >= 4 is 17.6 Å². The predicted molar refractivity (Wildman–Crippen MR) is 102 cm³/mol. The topological polar surface area (TPSA) is 73.9 Å². The van der Waals surface area contributed by atoms with Gasteiger partial charge in [-0.3, -0.25) is 4.79 Å². The number of hydrogen-bond donors (Lipinski definition) is 1. The van der Waals surface area contributed by atoms with E-state index in [9.17, 15) is 9.59 Å². The fraction of sp³-hybridized carbons (Fsp3) is 0.600. The zero-order valence-electron chi connectivity index (χ0n) is 16.7. The van der Waals surface area contributed by atoms with Crippen molar-refractivity contribution in [1.82, 2.24) is 0 Å². The van der Waals surface area contributed by atoms with Gasteiger partial charge in [-0.15, -0.1) is 0 Å². The summed E-state index contributed by atoms with van der Waals surface area (Å²) in [6.45, 7) is 8.35. The standard InChI is InChI=1S/C20H31NO5/c1-7-8-11-20(4,25-6)19(23)21-15-9-10-17(26-13-14(2)3)16(12-15)18(22)24-5/h9-10,12,14H,7-8,11,13H2,1-6H3,(H,21,23). The Hall–Kier alpha value is -2.08. The molecule has 1 amide bonds. The minimum atomic E-state index is -0.922. The van der Waals surface area contributed by atoms with Gasteiger partial charge < -0.3 is 19.5 Å². The van der Waals surface area contributed by atoms with Crippen molar-refractivity contribution in [3.05, 3.63) is 23.8 Å².